The molecule has 10 heteroatoms. The van der Waals surface area contributed by atoms with Gasteiger partial charge in [-0.05, 0) is 32.4 Å². The van der Waals surface area contributed by atoms with E-state index in [1.54, 1.807) is 4.90 Å². The van der Waals surface area contributed by atoms with E-state index in [-0.39, 0.29) is 36.4 Å². The molecule has 2 amide bonds. The largest absolute Gasteiger partial charge is 0.433 e. The summed E-state index contributed by atoms with van der Waals surface area (Å²) in [6, 6.07) is 0.855. The monoisotopic (exact) mass is 359 g/mol. The molecule has 2 heterocycles. The zero-order valence-corrected chi connectivity index (χ0v) is 13.8. The minimum Gasteiger partial charge on any atom is -0.369 e. The maximum absolute atomic E-state index is 12.8. The van der Waals surface area contributed by atoms with E-state index in [9.17, 15) is 22.8 Å². The summed E-state index contributed by atoms with van der Waals surface area (Å²) >= 11 is 0. The molecule has 3 N–H and O–H groups in total. The second kappa shape index (κ2) is 7.77. The Balaban J connectivity index is 1.95. The topological polar surface area (TPSA) is 101 Å². The van der Waals surface area contributed by atoms with E-state index < -0.39 is 17.8 Å². The number of halogens is 3. The number of nitrogens with zero attached hydrogens (tertiary/aromatic N) is 3. The molecule has 1 fully saturated rings. The van der Waals surface area contributed by atoms with Crippen molar-refractivity contribution in [1.82, 2.24) is 20.2 Å². The van der Waals surface area contributed by atoms with Gasteiger partial charge in [0.05, 0.1) is 19.0 Å². The number of amides is 2. The molecule has 2 rings (SSSR count). The fraction of sp³-hybridized carbons (Fsp3) is 0.600. The number of primary amides is 1. The van der Waals surface area contributed by atoms with Gasteiger partial charge < -0.3 is 11.1 Å². The number of nitrogens with one attached hydrogen (secondary N) is 1. The molecule has 0 saturated carbocycles. The highest BCUT2D eigenvalue weighted by atomic mass is 19.4. The highest BCUT2D eigenvalue weighted by Crippen LogP contribution is 2.27. The van der Waals surface area contributed by atoms with Crippen LogP contribution in [-0.4, -0.2) is 46.3 Å². The van der Waals surface area contributed by atoms with Gasteiger partial charge in [0.1, 0.15) is 11.5 Å². The normalized spacial score (nSPS) is 18.8. The number of alkyl halides is 3. The molecule has 1 aliphatic rings. The molecule has 0 aromatic carbocycles. The van der Waals surface area contributed by atoms with E-state index >= 15 is 0 Å². The molecule has 0 bridgehead atoms. The number of rotatable bonds is 5. The number of carbonyl (C=O) groups excluding carboxylic acids is 2. The molecule has 0 radical (unpaired) electrons. The molecule has 1 saturated heterocycles. The summed E-state index contributed by atoms with van der Waals surface area (Å²) in [5, 5.41) is 2.57. The van der Waals surface area contributed by atoms with Crippen LogP contribution in [0.15, 0.2) is 6.07 Å². The van der Waals surface area contributed by atoms with E-state index in [1.807, 2.05) is 0 Å². The Bertz CT molecular complexity index is 651. The number of carbonyl (C=O) groups is 2. The van der Waals surface area contributed by atoms with Crippen LogP contribution >= 0.6 is 0 Å². The van der Waals surface area contributed by atoms with Gasteiger partial charge in [-0.3, -0.25) is 14.5 Å². The van der Waals surface area contributed by atoms with E-state index in [1.165, 1.54) is 6.92 Å². The molecular formula is C15H20F3N5O2. The fourth-order valence-electron chi connectivity index (χ4n) is 2.80. The highest BCUT2D eigenvalue weighted by molar-refractivity contribution is 5.79. The van der Waals surface area contributed by atoms with E-state index in [2.05, 4.69) is 15.3 Å². The molecule has 1 aromatic heterocycles. The Labute approximate surface area is 142 Å². The summed E-state index contributed by atoms with van der Waals surface area (Å²) < 4.78 is 38.3. The van der Waals surface area contributed by atoms with Crippen LogP contribution < -0.4 is 11.1 Å². The van der Waals surface area contributed by atoms with Gasteiger partial charge in [0, 0.05) is 12.2 Å². The third-order valence-corrected chi connectivity index (χ3v) is 3.87. The third-order valence-electron chi connectivity index (χ3n) is 3.87. The Morgan fingerprint density at radius 1 is 1.40 bits per heavy atom. The van der Waals surface area contributed by atoms with Gasteiger partial charge in [-0.1, -0.05) is 0 Å². The SMILES string of the molecule is Cc1cc(C(F)(F)F)nc(CNC(=O)[C@@H]2CCCN(CC(N)=O)C2)n1. The molecule has 0 spiro atoms. The van der Waals surface area contributed by atoms with Gasteiger partial charge >= 0.3 is 6.18 Å². The standard InChI is InChI=1S/C15H20F3N5O2/c1-9-5-11(15(16,17)18)22-13(21-9)6-20-14(25)10-3-2-4-23(7-10)8-12(19)24/h5,10H,2-4,6-8H2,1H3,(H2,19,24)(H,20,25)/t10-/m1/s1. The maximum Gasteiger partial charge on any atom is 0.433 e. The second-order valence-electron chi connectivity index (χ2n) is 6.07. The number of likely N-dealkylation sites (tertiary alicyclic amines) is 1. The molecule has 1 aliphatic heterocycles. The maximum atomic E-state index is 12.8. The Kier molecular flexibility index (Phi) is 5.93. The van der Waals surface area contributed by atoms with Crippen LogP contribution in [0, 0.1) is 12.8 Å². The fourth-order valence-corrected chi connectivity index (χ4v) is 2.80. The first-order valence-electron chi connectivity index (χ1n) is 7.85. The number of hydrogen-bond acceptors (Lipinski definition) is 5. The summed E-state index contributed by atoms with van der Waals surface area (Å²) in [7, 11) is 0. The van der Waals surface area contributed by atoms with E-state index in [4.69, 9.17) is 5.73 Å². The van der Waals surface area contributed by atoms with Crippen molar-refractivity contribution in [2.24, 2.45) is 11.7 Å². The lowest BCUT2D eigenvalue weighted by Crippen LogP contribution is -2.45. The smallest absolute Gasteiger partial charge is 0.369 e. The molecule has 1 atom stereocenters. The molecule has 138 valence electrons. The van der Waals surface area contributed by atoms with Crippen molar-refractivity contribution in [3.05, 3.63) is 23.3 Å². The van der Waals surface area contributed by atoms with Gasteiger partial charge in [0.15, 0.2) is 0 Å². The number of hydrogen-bond donors (Lipinski definition) is 2. The van der Waals surface area contributed by atoms with Gasteiger partial charge in [-0.2, -0.15) is 13.2 Å². The quantitative estimate of drug-likeness (QED) is 0.802. The molecule has 0 unspecified atom stereocenters. The van der Waals surface area contributed by atoms with Crippen LogP contribution in [0.4, 0.5) is 13.2 Å². The van der Waals surface area contributed by atoms with Gasteiger partial charge in [-0.15, -0.1) is 0 Å². The summed E-state index contributed by atoms with van der Waals surface area (Å²) in [4.78, 5) is 32.4. The Hall–Kier alpha value is -2.23. The van der Waals surface area contributed by atoms with Crippen LogP contribution in [0.3, 0.4) is 0 Å². The number of nitrogens with two attached hydrogens (primary N) is 1. The van der Waals surface area contributed by atoms with E-state index in [0.29, 0.717) is 19.5 Å². The van der Waals surface area contributed by atoms with Gasteiger partial charge in [0.2, 0.25) is 11.8 Å². The lowest BCUT2D eigenvalue weighted by molar-refractivity contribution is -0.141. The summed E-state index contributed by atoms with van der Waals surface area (Å²) in [6.07, 6.45) is -3.18. The highest BCUT2D eigenvalue weighted by Gasteiger charge is 2.33. The predicted octanol–water partition coefficient (Wildman–Crippen LogP) is 0.617. The summed E-state index contributed by atoms with van der Waals surface area (Å²) in [5.74, 6) is -1.20. The summed E-state index contributed by atoms with van der Waals surface area (Å²) in [5.41, 5.74) is 4.30. The van der Waals surface area contributed by atoms with Crippen molar-refractivity contribution in [3.8, 4) is 0 Å². The van der Waals surface area contributed by atoms with Crippen LogP contribution in [0.25, 0.3) is 0 Å². The van der Waals surface area contributed by atoms with Gasteiger partial charge in [0.25, 0.3) is 0 Å². The Morgan fingerprint density at radius 3 is 2.76 bits per heavy atom. The average molecular weight is 359 g/mol. The van der Waals surface area contributed by atoms with E-state index in [0.717, 1.165) is 12.5 Å². The summed E-state index contributed by atoms with van der Waals surface area (Å²) in [6.45, 7) is 2.40. The lowest BCUT2D eigenvalue weighted by Gasteiger charge is -2.30. The number of aryl methyl sites for hydroxylation is 1. The minimum atomic E-state index is -4.56. The van der Waals surface area contributed by atoms with Crippen molar-refractivity contribution < 1.29 is 22.8 Å². The first-order valence-corrected chi connectivity index (χ1v) is 7.85. The second-order valence-corrected chi connectivity index (χ2v) is 6.07. The predicted molar refractivity (Wildman–Crippen MR) is 82.0 cm³/mol. The first-order chi connectivity index (χ1) is 11.6. The molecular weight excluding hydrogens is 339 g/mol. The van der Waals surface area contributed by atoms with Crippen LogP contribution in [0.2, 0.25) is 0 Å². The minimum absolute atomic E-state index is 0.0830. The lowest BCUT2D eigenvalue weighted by atomic mass is 9.97. The van der Waals surface area contributed by atoms with Gasteiger partial charge in [-0.25, -0.2) is 9.97 Å². The van der Waals surface area contributed by atoms with Crippen molar-refractivity contribution in [2.75, 3.05) is 19.6 Å². The number of piperidine rings is 1. The first kappa shape index (κ1) is 19.1. The molecule has 25 heavy (non-hydrogen) atoms. The zero-order chi connectivity index (χ0) is 18.6. The number of aromatic nitrogens is 2. The van der Waals surface area contributed by atoms with Crippen LogP contribution in [-0.2, 0) is 22.3 Å². The van der Waals surface area contributed by atoms with Crippen molar-refractivity contribution in [1.29, 1.82) is 0 Å². The average Bonchev–Trinajstić information content (AvgIpc) is 2.51. The van der Waals surface area contributed by atoms with Crippen molar-refractivity contribution in [2.45, 2.75) is 32.5 Å². The third kappa shape index (κ3) is 5.66. The van der Waals surface area contributed by atoms with Crippen LogP contribution in [0.1, 0.15) is 30.1 Å². The zero-order valence-electron chi connectivity index (χ0n) is 13.8. The van der Waals surface area contributed by atoms with Crippen LogP contribution in [0.5, 0.6) is 0 Å². The van der Waals surface area contributed by atoms with Crippen molar-refractivity contribution in [3.63, 3.8) is 0 Å². The molecule has 1 aromatic rings. The van der Waals surface area contributed by atoms with Crippen molar-refractivity contribution >= 4 is 11.8 Å². The Morgan fingerprint density at radius 2 is 2.12 bits per heavy atom. The molecule has 7 nitrogen and oxygen atoms in total. The molecule has 0 aliphatic carbocycles.